The third kappa shape index (κ3) is 4.21. The van der Waals surface area contributed by atoms with Gasteiger partial charge in [-0.3, -0.25) is 0 Å². The molecule has 0 spiro atoms. The summed E-state index contributed by atoms with van der Waals surface area (Å²) in [7, 11) is 0. The summed E-state index contributed by atoms with van der Waals surface area (Å²) in [5, 5.41) is 6.67. The maximum Gasteiger partial charge on any atom is 0.224 e. The van der Waals surface area contributed by atoms with Crippen LogP contribution in [0.5, 0.6) is 0 Å². The molecule has 0 fully saturated rings. The van der Waals surface area contributed by atoms with Gasteiger partial charge in [-0.1, -0.05) is 20.8 Å². The second-order valence-corrected chi connectivity index (χ2v) is 4.59. The van der Waals surface area contributed by atoms with Crippen LogP contribution in [0.1, 0.15) is 47.0 Å². The lowest BCUT2D eigenvalue weighted by atomic mass is 9.96. The molecule has 17 heavy (non-hydrogen) atoms. The van der Waals surface area contributed by atoms with Crippen LogP contribution in [0.4, 0.5) is 11.8 Å². The van der Waals surface area contributed by atoms with E-state index in [4.69, 9.17) is 0 Å². The highest BCUT2D eigenvalue weighted by Crippen LogP contribution is 2.20. The number of nitrogens with zero attached hydrogens (tertiary/aromatic N) is 2. The zero-order valence-corrected chi connectivity index (χ0v) is 11.4. The average Bonchev–Trinajstić information content (AvgIpc) is 2.36. The van der Waals surface area contributed by atoms with E-state index in [0.29, 0.717) is 5.95 Å². The van der Waals surface area contributed by atoms with Gasteiger partial charge in [-0.2, -0.15) is 4.98 Å². The van der Waals surface area contributed by atoms with E-state index in [-0.39, 0.29) is 5.54 Å². The molecule has 0 aliphatic rings. The van der Waals surface area contributed by atoms with Crippen LogP contribution in [-0.4, -0.2) is 22.1 Å². The van der Waals surface area contributed by atoms with Crippen LogP contribution in [0.3, 0.4) is 0 Å². The SMILES string of the molecule is CCCNc1nccc(NC(C)(CC)CC)n1. The Balaban J connectivity index is 2.71. The van der Waals surface area contributed by atoms with Gasteiger partial charge in [0.05, 0.1) is 0 Å². The highest BCUT2D eigenvalue weighted by molar-refractivity contribution is 5.41. The summed E-state index contributed by atoms with van der Waals surface area (Å²) >= 11 is 0. The van der Waals surface area contributed by atoms with Crippen molar-refractivity contribution in [2.45, 2.75) is 52.5 Å². The minimum Gasteiger partial charge on any atom is -0.365 e. The summed E-state index contributed by atoms with van der Waals surface area (Å²) in [5.74, 6) is 1.59. The number of hydrogen-bond donors (Lipinski definition) is 2. The van der Waals surface area contributed by atoms with Crippen LogP contribution in [0, 0.1) is 0 Å². The van der Waals surface area contributed by atoms with Gasteiger partial charge in [-0.25, -0.2) is 4.98 Å². The number of anilines is 2. The van der Waals surface area contributed by atoms with Crippen molar-refractivity contribution in [1.82, 2.24) is 9.97 Å². The van der Waals surface area contributed by atoms with Gasteiger partial charge in [0.1, 0.15) is 5.82 Å². The number of hydrogen-bond acceptors (Lipinski definition) is 4. The molecule has 0 unspecified atom stereocenters. The number of nitrogens with one attached hydrogen (secondary N) is 2. The zero-order chi connectivity index (χ0) is 12.7. The predicted molar refractivity (Wildman–Crippen MR) is 73.4 cm³/mol. The first kappa shape index (κ1) is 13.7. The summed E-state index contributed by atoms with van der Waals surface area (Å²) in [6.45, 7) is 9.62. The van der Waals surface area contributed by atoms with Crippen molar-refractivity contribution in [2.75, 3.05) is 17.2 Å². The highest BCUT2D eigenvalue weighted by atomic mass is 15.1. The smallest absolute Gasteiger partial charge is 0.224 e. The van der Waals surface area contributed by atoms with Crippen LogP contribution < -0.4 is 10.6 Å². The molecule has 96 valence electrons. The van der Waals surface area contributed by atoms with E-state index in [1.165, 1.54) is 0 Å². The Morgan fingerprint density at radius 1 is 1.24 bits per heavy atom. The summed E-state index contributed by atoms with van der Waals surface area (Å²) in [6, 6.07) is 1.92. The standard InChI is InChI=1S/C13H24N4/c1-5-9-14-12-15-10-8-11(16-12)17-13(4,6-2)7-3/h8,10H,5-7,9H2,1-4H3,(H2,14,15,16,17). The van der Waals surface area contributed by atoms with Gasteiger partial charge in [0.2, 0.25) is 5.95 Å². The summed E-state index contributed by atoms with van der Waals surface area (Å²) in [5.41, 5.74) is 0.108. The van der Waals surface area contributed by atoms with Gasteiger partial charge in [-0.15, -0.1) is 0 Å². The topological polar surface area (TPSA) is 49.8 Å². The Bertz CT molecular complexity index is 334. The van der Waals surface area contributed by atoms with E-state index < -0.39 is 0 Å². The summed E-state index contributed by atoms with van der Waals surface area (Å²) in [4.78, 5) is 8.65. The molecule has 4 nitrogen and oxygen atoms in total. The Labute approximate surface area is 104 Å². The molecule has 0 bridgehead atoms. The molecule has 0 aliphatic carbocycles. The molecule has 0 aliphatic heterocycles. The summed E-state index contributed by atoms with van der Waals surface area (Å²) in [6.07, 6.45) is 5.01. The second kappa shape index (κ2) is 6.42. The van der Waals surface area contributed by atoms with Gasteiger partial charge in [0, 0.05) is 18.3 Å². The molecule has 4 heteroatoms. The van der Waals surface area contributed by atoms with Crippen molar-refractivity contribution in [3.8, 4) is 0 Å². The van der Waals surface area contributed by atoms with Crippen molar-refractivity contribution >= 4 is 11.8 Å². The van der Waals surface area contributed by atoms with Crippen LogP contribution in [0.15, 0.2) is 12.3 Å². The molecular weight excluding hydrogens is 212 g/mol. The first-order chi connectivity index (χ1) is 8.13. The Morgan fingerprint density at radius 3 is 2.53 bits per heavy atom. The Kier molecular flexibility index (Phi) is 5.19. The molecule has 1 heterocycles. The number of rotatable bonds is 7. The van der Waals surface area contributed by atoms with E-state index in [0.717, 1.165) is 31.6 Å². The maximum absolute atomic E-state index is 4.46. The molecule has 0 saturated heterocycles. The van der Waals surface area contributed by atoms with Gasteiger partial charge in [-0.05, 0) is 32.3 Å². The van der Waals surface area contributed by atoms with E-state index in [1.807, 2.05) is 6.07 Å². The van der Waals surface area contributed by atoms with Gasteiger partial charge in [0.15, 0.2) is 0 Å². The molecular formula is C13H24N4. The van der Waals surface area contributed by atoms with E-state index >= 15 is 0 Å². The van der Waals surface area contributed by atoms with Crippen molar-refractivity contribution in [2.24, 2.45) is 0 Å². The normalized spacial score (nSPS) is 11.3. The molecule has 0 radical (unpaired) electrons. The zero-order valence-electron chi connectivity index (χ0n) is 11.4. The molecule has 1 aromatic heterocycles. The lowest BCUT2D eigenvalue weighted by molar-refractivity contribution is 0.476. The first-order valence-corrected chi connectivity index (χ1v) is 6.48. The average molecular weight is 236 g/mol. The van der Waals surface area contributed by atoms with E-state index in [2.05, 4.69) is 48.3 Å². The third-order valence-corrected chi connectivity index (χ3v) is 3.18. The largest absolute Gasteiger partial charge is 0.365 e. The van der Waals surface area contributed by atoms with Crippen LogP contribution in [-0.2, 0) is 0 Å². The minimum absolute atomic E-state index is 0.108. The van der Waals surface area contributed by atoms with Crippen LogP contribution in [0.25, 0.3) is 0 Å². The number of aromatic nitrogens is 2. The minimum atomic E-state index is 0.108. The Morgan fingerprint density at radius 2 is 1.94 bits per heavy atom. The molecule has 0 atom stereocenters. The van der Waals surface area contributed by atoms with Gasteiger partial charge >= 0.3 is 0 Å². The van der Waals surface area contributed by atoms with Crippen molar-refractivity contribution in [3.63, 3.8) is 0 Å². The maximum atomic E-state index is 4.46. The van der Waals surface area contributed by atoms with Crippen molar-refractivity contribution in [1.29, 1.82) is 0 Å². The fourth-order valence-electron chi connectivity index (χ4n) is 1.49. The van der Waals surface area contributed by atoms with E-state index in [1.54, 1.807) is 6.20 Å². The van der Waals surface area contributed by atoms with Crippen LogP contribution >= 0.6 is 0 Å². The molecule has 1 aromatic rings. The fourth-order valence-corrected chi connectivity index (χ4v) is 1.49. The quantitative estimate of drug-likeness (QED) is 0.762. The second-order valence-electron chi connectivity index (χ2n) is 4.59. The monoisotopic (exact) mass is 236 g/mol. The molecule has 0 aromatic carbocycles. The predicted octanol–water partition coefficient (Wildman–Crippen LogP) is 3.29. The fraction of sp³-hybridized carbons (Fsp3) is 0.692. The van der Waals surface area contributed by atoms with Gasteiger partial charge in [0.25, 0.3) is 0 Å². The highest BCUT2D eigenvalue weighted by Gasteiger charge is 2.19. The molecule has 2 N–H and O–H groups in total. The van der Waals surface area contributed by atoms with Gasteiger partial charge < -0.3 is 10.6 Å². The molecule has 1 rings (SSSR count). The van der Waals surface area contributed by atoms with Crippen LogP contribution in [0.2, 0.25) is 0 Å². The molecule has 0 saturated carbocycles. The lowest BCUT2D eigenvalue weighted by Gasteiger charge is -2.28. The van der Waals surface area contributed by atoms with E-state index in [9.17, 15) is 0 Å². The van der Waals surface area contributed by atoms with Crippen molar-refractivity contribution in [3.05, 3.63) is 12.3 Å². The molecule has 0 amide bonds. The lowest BCUT2D eigenvalue weighted by Crippen LogP contribution is -2.33. The first-order valence-electron chi connectivity index (χ1n) is 6.48. The van der Waals surface area contributed by atoms with Crippen molar-refractivity contribution < 1.29 is 0 Å². The third-order valence-electron chi connectivity index (χ3n) is 3.18. The summed E-state index contributed by atoms with van der Waals surface area (Å²) < 4.78 is 0. The Hall–Kier alpha value is -1.32.